The number of nitrogens with zero attached hydrogens (tertiary/aromatic N) is 1. The molecule has 6 nitrogen and oxygen atoms in total. The van der Waals surface area contributed by atoms with E-state index in [0.29, 0.717) is 48.3 Å². The largest absolute Gasteiger partial charge is 0.355 e. The first kappa shape index (κ1) is 19.1. The van der Waals surface area contributed by atoms with Crippen LogP contribution in [0.2, 0.25) is 5.02 Å². The highest BCUT2D eigenvalue weighted by Crippen LogP contribution is 2.32. The fraction of sp³-hybridized carbons (Fsp3) is 0.389. The molecule has 1 heterocycles. The predicted molar refractivity (Wildman–Crippen MR) is 103 cm³/mol. The van der Waals surface area contributed by atoms with E-state index >= 15 is 0 Å². The Kier molecular flexibility index (Phi) is 5.82. The Balaban J connectivity index is 1.91. The summed E-state index contributed by atoms with van der Waals surface area (Å²) in [7, 11) is -3.72. The van der Waals surface area contributed by atoms with Crippen molar-refractivity contribution in [2.24, 2.45) is 11.7 Å². The molecule has 0 spiro atoms. The number of fused-ring (bicyclic) bond motifs is 1. The van der Waals surface area contributed by atoms with E-state index < -0.39 is 10.0 Å². The Morgan fingerprint density at radius 1 is 1.23 bits per heavy atom. The van der Waals surface area contributed by atoms with Crippen molar-refractivity contribution >= 4 is 38.3 Å². The summed E-state index contributed by atoms with van der Waals surface area (Å²) in [6.07, 6.45) is 1.31. The lowest BCUT2D eigenvalue weighted by atomic mass is 9.99. The quantitative estimate of drug-likeness (QED) is 0.809. The number of sulfonamides is 1. The van der Waals surface area contributed by atoms with Crippen LogP contribution in [0, 0.1) is 5.92 Å². The molecule has 140 valence electrons. The zero-order valence-corrected chi connectivity index (χ0v) is 15.9. The van der Waals surface area contributed by atoms with E-state index in [1.54, 1.807) is 24.3 Å². The molecule has 0 aromatic heterocycles. The third-order valence-electron chi connectivity index (χ3n) is 4.65. The lowest BCUT2D eigenvalue weighted by Gasteiger charge is -2.31. The summed E-state index contributed by atoms with van der Waals surface area (Å²) in [5.74, 6) is -0.500. The normalized spacial score (nSPS) is 18.8. The molecule has 2 aromatic carbocycles. The van der Waals surface area contributed by atoms with Crippen LogP contribution in [0.5, 0.6) is 0 Å². The van der Waals surface area contributed by atoms with E-state index in [2.05, 4.69) is 5.32 Å². The van der Waals surface area contributed by atoms with Gasteiger partial charge in [-0.2, -0.15) is 4.31 Å². The predicted octanol–water partition coefficient (Wildman–Crippen LogP) is 1.97. The molecule has 1 amide bonds. The maximum Gasteiger partial charge on any atom is 0.243 e. The van der Waals surface area contributed by atoms with Crippen LogP contribution in [-0.4, -0.2) is 44.8 Å². The van der Waals surface area contributed by atoms with Crippen molar-refractivity contribution in [3.8, 4) is 0 Å². The van der Waals surface area contributed by atoms with Gasteiger partial charge < -0.3 is 11.1 Å². The number of rotatable bonds is 5. The highest BCUT2D eigenvalue weighted by atomic mass is 35.5. The number of piperidine rings is 1. The second-order valence-corrected chi connectivity index (χ2v) is 8.69. The monoisotopic (exact) mass is 395 g/mol. The summed E-state index contributed by atoms with van der Waals surface area (Å²) in [4.78, 5) is 12.4. The van der Waals surface area contributed by atoms with Gasteiger partial charge in [-0.15, -0.1) is 0 Å². The molecule has 26 heavy (non-hydrogen) atoms. The zero-order valence-electron chi connectivity index (χ0n) is 14.3. The van der Waals surface area contributed by atoms with Crippen molar-refractivity contribution < 1.29 is 13.2 Å². The second-order valence-electron chi connectivity index (χ2n) is 6.37. The standard InChI is InChI=1S/C18H22ClN3O3S/c19-16-7-8-17(15-6-2-1-5-14(15)16)26(24,25)22-11-3-4-13(12-22)18(23)21-10-9-20/h1-2,5-8,13H,3-4,9-12,20H2,(H,21,23). The van der Waals surface area contributed by atoms with Crippen LogP contribution in [0.25, 0.3) is 10.8 Å². The van der Waals surface area contributed by atoms with Gasteiger partial charge in [0.1, 0.15) is 0 Å². The molecule has 0 radical (unpaired) electrons. The summed E-state index contributed by atoms with van der Waals surface area (Å²) < 4.78 is 27.9. The van der Waals surface area contributed by atoms with E-state index in [1.165, 1.54) is 10.4 Å². The molecule has 1 aliphatic rings. The van der Waals surface area contributed by atoms with Crippen molar-refractivity contribution in [1.29, 1.82) is 0 Å². The van der Waals surface area contributed by atoms with E-state index in [9.17, 15) is 13.2 Å². The van der Waals surface area contributed by atoms with E-state index in [0.717, 1.165) is 0 Å². The first-order valence-electron chi connectivity index (χ1n) is 8.60. The van der Waals surface area contributed by atoms with E-state index in [4.69, 9.17) is 17.3 Å². The molecule has 2 aromatic rings. The van der Waals surface area contributed by atoms with Gasteiger partial charge in [-0.25, -0.2) is 8.42 Å². The number of halogens is 1. The topological polar surface area (TPSA) is 92.5 Å². The van der Waals surface area contributed by atoms with Gasteiger partial charge in [0, 0.05) is 42.0 Å². The highest BCUT2D eigenvalue weighted by molar-refractivity contribution is 7.89. The van der Waals surface area contributed by atoms with Gasteiger partial charge in [0.25, 0.3) is 0 Å². The van der Waals surface area contributed by atoms with Gasteiger partial charge in [0.15, 0.2) is 0 Å². The Hall–Kier alpha value is -1.67. The smallest absolute Gasteiger partial charge is 0.243 e. The number of hydrogen-bond donors (Lipinski definition) is 2. The number of nitrogens with two attached hydrogens (primary N) is 1. The summed E-state index contributed by atoms with van der Waals surface area (Å²) >= 11 is 6.21. The van der Waals surface area contributed by atoms with Crippen molar-refractivity contribution in [3.05, 3.63) is 41.4 Å². The van der Waals surface area contributed by atoms with Gasteiger partial charge in [-0.1, -0.05) is 35.9 Å². The molecule has 1 unspecified atom stereocenters. The van der Waals surface area contributed by atoms with Crippen molar-refractivity contribution in [2.45, 2.75) is 17.7 Å². The van der Waals surface area contributed by atoms with E-state index in [1.807, 2.05) is 6.07 Å². The van der Waals surface area contributed by atoms with Gasteiger partial charge >= 0.3 is 0 Å². The zero-order chi connectivity index (χ0) is 18.7. The van der Waals surface area contributed by atoms with E-state index in [-0.39, 0.29) is 23.3 Å². The number of carbonyl (C=O) groups excluding carboxylic acids is 1. The summed E-state index contributed by atoms with van der Waals surface area (Å²) in [5, 5.41) is 4.55. The lowest BCUT2D eigenvalue weighted by Crippen LogP contribution is -2.46. The average Bonchev–Trinajstić information content (AvgIpc) is 2.66. The van der Waals surface area contributed by atoms with Crippen LogP contribution in [0.3, 0.4) is 0 Å². The summed E-state index contributed by atoms with van der Waals surface area (Å²) in [6.45, 7) is 1.33. The first-order valence-corrected chi connectivity index (χ1v) is 10.4. The van der Waals surface area contributed by atoms with Crippen LogP contribution in [0.1, 0.15) is 12.8 Å². The van der Waals surface area contributed by atoms with Crippen LogP contribution < -0.4 is 11.1 Å². The third-order valence-corrected chi connectivity index (χ3v) is 6.90. The number of hydrogen-bond acceptors (Lipinski definition) is 4. The molecule has 8 heteroatoms. The van der Waals surface area contributed by atoms with Gasteiger partial charge in [0.05, 0.1) is 10.8 Å². The highest BCUT2D eigenvalue weighted by Gasteiger charge is 2.34. The fourth-order valence-corrected chi connectivity index (χ4v) is 5.26. The molecule has 1 fully saturated rings. The SMILES string of the molecule is NCCNC(=O)C1CCCN(S(=O)(=O)c2ccc(Cl)c3ccccc23)C1. The maximum absolute atomic E-state index is 13.2. The Labute approximate surface area is 158 Å². The molecule has 0 aliphatic carbocycles. The van der Waals surface area contributed by atoms with Crippen LogP contribution >= 0.6 is 11.6 Å². The number of amides is 1. The second kappa shape index (κ2) is 7.92. The van der Waals surface area contributed by atoms with Gasteiger partial charge in [-0.3, -0.25) is 4.79 Å². The third kappa shape index (κ3) is 3.71. The minimum atomic E-state index is -3.72. The molecule has 0 bridgehead atoms. The Morgan fingerprint density at radius 2 is 1.96 bits per heavy atom. The molecular weight excluding hydrogens is 374 g/mol. The summed E-state index contributed by atoms with van der Waals surface area (Å²) in [5.41, 5.74) is 5.41. The number of benzene rings is 2. The van der Waals surface area contributed by atoms with Crippen molar-refractivity contribution in [3.63, 3.8) is 0 Å². The molecule has 1 aliphatic heterocycles. The van der Waals surface area contributed by atoms with Crippen LogP contribution in [0.15, 0.2) is 41.3 Å². The lowest BCUT2D eigenvalue weighted by molar-refractivity contribution is -0.126. The Bertz CT molecular complexity index is 917. The molecule has 3 rings (SSSR count). The molecule has 0 saturated carbocycles. The van der Waals surface area contributed by atoms with Crippen LogP contribution in [-0.2, 0) is 14.8 Å². The number of nitrogens with one attached hydrogen (secondary N) is 1. The minimum absolute atomic E-state index is 0.142. The van der Waals surface area contributed by atoms with Crippen molar-refractivity contribution in [1.82, 2.24) is 9.62 Å². The average molecular weight is 396 g/mol. The van der Waals surface area contributed by atoms with Crippen molar-refractivity contribution in [2.75, 3.05) is 26.2 Å². The molecule has 3 N–H and O–H groups in total. The van der Waals surface area contributed by atoms with Crippen LogP contribution in [0.4, 0.5) is 0 Å². The first-order chi connectivity index (χ1) is 12.4. The fourth-order valence-electron chi connectivity index (χ4n) is 3.31. The minimum Gasteiger partial charge on any atom is -0.355 e. The summed E-state index contributed by atoms with van der Waals surface area (Å²) in [6, 6.07) is 10.3. The molecular formula is C18H22ClN3O3S. The maximum atomic E-state index is 13.2. The van der Waals surface area contributed by atoms with Gasteiger partial charge in [0.2, 0.25) is 15.9 Å². The van der Waals surface area contributed by atoms with Gasteiger partial charge in [-0.05, 0) is 25.0 Å². The molecule has 1 atom stereocenters. The number of carbonyl (C=O) groups is 1. The Morgan fingerprint density at radius 3 is 2.69 bits per heavy atom. The molecule has 1 saturated heterocycles.